The Morgan fingerprint density at radius 1 is 0.875 bits per heavy atom. The minimum Gasteiger partial charge on any atom is -0.388 e. The Bertz CT molecular complexity index is 644. The Morgan fingerprint density at radius 3 is 2.17 bits per heavy atom. The second-order valence-corrected chi connectivity index (χ2v) is 5.49. The van der Waals surface area contributed by atoms with Crippen molar-refractivity contribution in [2.75, 3.05) is 6.54 Å². The number of benzene rings is 2. The third-order valence-electron chi connectivity index (χ3n) is 3.57. The van der Waals surface area contributed by atoms with Gasteiger partial charge in [-0.05, 0) is 11.1 Å². The molecule has 0 fully saturated rings. The topological polar surface area (TPSA) is 78.4 Å². The van der Waals surface area contributed by atoms with Crippen LogP contribution in [0.1, 0.15) is 30.1 Å². The van der Waals surface area contributed by atoms with Crippen LogP contribution in [0, 0.1) is 0 Å². The van der Waals surface area contributed by atoms with Crippen LogP contribution in [-0.4, -0.2) is 23.5 Å². The SMILES string of the molecule is O=C(CCNC(=O)CC(O)c1ccccc1)NCc1ccccc1. The highest BCUT2D eigenvalue weighted by atomic mass is 16.3. The van der Waals surface area contributed by atoms with Crippen molar-refractivity contribution in [3.8, 4) is 0 Å². The molecule has 0 aliphatic heterocycles. The molecular weight excluding hydrogens is 304 g/mol. The van der Waals surface area contributed by atoms with Crippen molar-refractivity contribution < 1.29 is 14.7 Å². The molecule has 0 saturated carbocycles. The Labute approximate surface area is 141 Å². The first-order valence-electron chi connectivity index (χ1n) is 7.95. The Kier molecular flexibility index (Phi) is 6.98. The Hall–Kier alpha value is -2.66. The maximum absolute atomic E-state index is 11.8. The molecule has 0 saturated heterocycles. The molecule has 1 unspecified atom stereocenters. The maximum atomic E-state index is 11.8. The highest BCUT2D eigenvalue weighted by molar-refractivity contribution is 5.79. The van der Waals surface area contributed by atoms with E-state index in [9.17, 15) is 14.7 Å². The summed E-state index contributed by atoms with van der Waals surface area (Å²) in [7, 11) is 0. The molecule has 0 aliphatic rings. The molecule has 24 heavy (non-hydrogen) atoms. The first-order chi connectivity index (χ1) is 11.6. The van der Waals surface area contributed by atoms with E-state index < -0.39 is 6.10 Å². The average molecular weight is 326 g/mol. The fourth-order valence-electron chi connectivity index (χ4n) is 2.24. The van der Waals surface area contributed by atoms with E-state index in [0.29, 0.717) is 12.1 Å². The zero-order valence-electron chi connectivity index (χ0n) is 13.4. The van der Waals surface area contributed by atoms with Crippen molar-refractivity contribution in [3.05, 3.63) is 71.8 Å². The third-order valence-corrected chi connectivity index (χ3v) is 3.57. The number of amides is 2. The number of hydrogen-bond donors (Lipinski definition) is 3. The van der Waals surface area contributed by atoms with Crippen LogP contribution >= 0.6 is 0 Å². The molecule has 2 aromatic rings. The highest BCUT2D eigenvalue weighted by Crippen LogP contribution is 2.15. The zero-order chi connectivity index (χ0) is 17.2. The van der Waals surface area contributed by atoms with Crippen LogP contribution in [-0.2, 0) is 16.1 Å². The smallest absolute Gasteiger partial charge is 0.222 e. The van der Waals surface area contributed by atoms with Crippen molar-refractivity contribution in [2.45, 2.75) is 25.5 Å². The molecule has 2 aromatic carbocycles. The number of aliphatic hydroxyl groups is 1. The van der Waals surface area contributed by atoms with Crippen molar-refractivity contribution in [1.82, 2.24) is 10.6 Å². The number of rotatable bonds is 8. The van der Waals surface area contributed by atoms with Gasteiger partial charge in [0.2, 0.25) is 11.8 Å². The van der Waals surface area contributed by atoms with Crippen LogP contribution in [0.25, 0.3) is 0 Å². The summed E-state index contributed by atoms with van der Waals surface area (Å²) >= 11 is 0. The lowest BCUT2D eigenvalue weighted by atomic mass is 10.1. The molecule has 0 aromatic heterocycles. The molecule has 0 heterocycles. The molecular formula is C19H22N2O3. The van der Waals surface area contributed by atoms with Gasteiger partial charge in [0.25, 0.3) is 0 Å². The van der Waals surface area contributed by atoms with Gasteiger partial charge in [-0.2, -0.15) is 0 Å². The minimum absolute atomic E-state index is 0.0182. The summed E-state index contributed by atoms with van der Waals surface area (Å²) in [5, 5.41) is 15.4. The maximum Gasteiger partial charge on any atom is 0.222 e. The fourth-order valence-corrected chi connectivity index (χ4v) is 2.24. The number of nitrogens with one attached hydrogen (secondary N) is 2. The largest absolute Gasteiger partial charge is 0.388 e. The second kappa shape index (κ2) is 9.47. The van der Waals surface area contributed by atoms with Gasteiger partial charge in [-0.3, -0.25) is 9.59 Å². The summed E-state index contributed by atoms with van der Waals surface area (Å²) in [6.45, 7) is 0.724. The Morgan fingerprint density at radius 2 is 1.50 bits per heavy atom. The van der Waals surface area contributed by atoms with Gasteiger partial charge in [0, 0.05) is 19.5 Å². The number of carbonyl (C=O) groups excluding carboxylic acids is 2. The van der Waals surface area contributed by atoms with Crippen molar-refractivity contribution in [3.63, 3.8) is 0 Å². The minimum atomic E-state index is -0.835. The average Bonchev–Trinajstić information content (AvgIpc) is 2.61. The quantitative estimate of drug-likeness (QED) is 0.693. The lowest BCUT2D eigenvalue weighted by Gasteiger charge is -2.11. The van der Waals surface area contributed by atoms with E-state index >= 15 is 0 Å². The molecule has 0 spiro atoms. The van der Waals surface area contributed by atoms with Gasteiger partial charge in [-0.15, -0.1) is 0 Å². The molecule has 2 amide bonds. The molecule has 5 heteroatoms. The van der Waals surface area contributed by atoms with Crippen LogP contribution < -0.4 is 10.6 Å². The molecule has 1 atom stereocenters. The lowest BCUT2D eigenvalue weighted by molar-refractivity contribution is -0.123. The monoisotopic (exact) mass is 326 g/mol. The van der Waals surface area contributed by atoms with Crippen LogP contribution in [0.5, 0.6) is 0 Å². The van der Waals surface area contributed by atoms with Gasteiger partial charge in [-0.25, -0.2) is 0 Å². The van der Waals surface area contributed by atoms with E-state index in [0.717, 1.165) is 5.56 Å². The van der Waals surface area contributed by atoms with Crippen molar-refractivity contribution >= 4 is 11.8 Å². The summed E-state index contributed by atoms with van der Waals surface area (Å²) in [6, 6.07) is 18.7. The van der Waals surface area contributed by atoms with Crippen LogP contribution in [0.3, 0.4) is 0 Å². The molecule has 0 radical (unpaired) electrons. The van der Waals surface area contributed by atoms with E-state index in [2.05, 4.69) is 10.6 Å². The molecule has 0 aliphatic carbocycles. The van der Waals surface area contributed by atoms with Gasteiger partial charge in [0.1, 0.15) is 0 Å². The fraction of sp³-hybridized carbons (Fsp3) is 0.263. The standard InChI is InChI=1S/C19H22N2O3/c22-17(16-9-5-2-6-10-16)13-19(24)20-12-11-18(23)21-14-15-7-3-1-4-8-15/h1-10,17,22H,11-14H2,(H,20,24)(H,21,23). The van der Waals surface area contributed by atoms with E-state index in [1.165, 1.54) is 0 Å². The number of hydrogen-bond acceptors (Lipinski definition) is 3. The normalized spacial score (nSPS) is 11.5. The zero-order valence-corrected chi connectivity index (χ0v) is 13.4. The van der Waals surface area contributed by atoms with Gasteiger partial charge < -0.3 is 15.7 Å². The highest BCUT2D eigenvalue weighted by Gasteiger charge is 2.12. The third kappa shape index (κ3) is 6.22. The molecule has 5 nitrogen and oxygen atoms in total. The van der Waals surface area contributed by atoms with Crippen molar-refractivity contribution in [2.24, 2.45) is 0 Å². The van der Waals surface area contributed by atoms with Crippen molar-refractivity contribution in [1.29, 1.82) is 0 Å². The molecule has 0 bridgehead atoms. The summed E-state index contributed by atoms with van der Waals surface area (Å²) in [5.74, 6) is -0.398. The number of aliphatic hydroxyl groups excluding tert-OH is 1. The van der Waals surface area contributed by atoms with Gasteiger partial charge in [-0.1, -0.05) is 60.7 Å². The predicted octanol–water partition coefficient (Wildman–Crippen LogP) is 1.93. The molecule has 3 N–H and O–H groups in total. The van der Waals surface area contributed by atoms with E-state index in [4.69, 9.17) is 0 Å². The summed E-state index contributed by atoms with van der Waals surface area (Å²) in [5.41, 5.74) is 1.73. The lowest BCUT2D eigenvalue weighted by Crippen LogP contribution is -2.31. The second-order valence-electron chi connectivity index (χ2n) is 5.49. The Balaban J connectivity index is 1.62. The van der Waals surface area contributed by atoms with E-state index in [1.54, 1.807) is 12.1 Å². The van der Waals surface area contributed by atoms with Crippen LogP contribution in [0.15, 0.2) is 60.7 Å². The van der Waals surface area contributed by atoms with Gasteiger partial charge in [0.15, 0.2) is 0 Å². The summed E-state index contributed by atoms with van der Waals surface area (Å²) in [6.07, 6.45) is -0.645. The van der Waals surface area contributed by atoms with Gasteiger partial charge in [0.05, 0.1) is 12.5 Å². The van der Waals surface area contributed by atoms with Crippen LogP contribution in [0.4, 0.5) is 0 Å². The van der Waals surface area contributed by atoms with E-state index in [-0.39, 0.29) is 31.2 Å². The molecule has 126 valence electrons. The number of carbonyl (C=O) groups is 2. The van der Waals surface area contributed by atoms with Gasteiger partial charge >= 0.3 is 0 Å². The van der Waals surface area contributed by atoms with E-state index in [1.807, 2.05) is 48.5 Å². The van der Waals surface area contributed by atoms with Crippen LogP contribution in [0.2, 0.25) is 0 Å². The first kappa shape index (κ1) is 17.7. The predicted molar refractivity (Wildman–Crippen MR) is 91.9 cm³/mol. The first-order valence-corrected chi connectivity index (χ1v) is 7.95. The summed E-state index contributed by atoms with van der Waals surface area (Å²) < 4.78 is 0. The summed E-state index contributed by atoms with van der Waals surface area (Å²) in [4.78, 5) is 23.5. The molecule has 2 rings (SSSR count).